The number of pyridine rings is 1. The molecule has 0 radical (unpaired) electrons. The summed E-state index contributed by atoms with van der Waals surface area (Å²) in [5.41, 5.74) is 0.405. The summed E-state index contributed by atoms with van der Waals surface area (Å²) in [7, 11) is 0. The van der Waals surface area contributed by atoms with Gasteiger partial charge in [0.15, 0.2) is 5.82 Å². The normalized spacial score (nSPS) is 14.5. The Morgan fingerprint density at radius 2 is 1.69 bits per heavy atom. The number of benzene rings is 1. The van der Waals surface area contributed by atoms with E-state index in [1.54, 1.807) is 24.0 Å². The van der Waals surface area contributed by atoms with Gasteiger partial charge in [0.05, 0.1) is 5.56 Å². The molecule has 4 rings (SSSR count). The summed E-state index contributed by atoms with van der Waals surface area (Å²) in [6.45, 7) is 9.92. The predicted octanol–water partition coefficient (Wildman–Crippen LogP) is 4.96. The van der Waals surface area contributed by atoms with Crippen LogP contribution in [0.4, 0.5) is 35.3 Å². The molecule has 11 heteroatoms. The van der Waals surface area contributed by atoms with Crippen molar-refractivity contribution in [3.8, 4) is 11.4 Å². The van der Waals surface area contributed by atoms with Gasteiger partial charge >= 0.3 is 6.18 Å². The lowest BCUT2D eigenvalue weighted by Crippen LogP contribution is -2.48. The zero-order chi connectivity index (χ0) is 26.0. The Balaban J connectivity index is 1.65. The molecule has 0 bridgehead atoms. The van der Waals surface area contributed by atoms with E-state index in [1.165, 1.54) is 18.3 Å². The molecule has 36 heavy (non-hydrogen) atoms. The maximum absolute atomic E-state index is 13.9. The van der Waals surface area contributed by atoms with Crippen molar-refractivity contribution in [2.45, 2.75) is 39.9 Å². The van der Waals surface area contributed by atoms with Crippen LogP contribution in [0.2, 0.25) is 0 Å². The molecule has 0 amide bonds. The topological polar surface area (TPSA) is 61.3 Å². The first-order chi connectivity index (χ1) is 17.1. The van der Waals surface area contributed by atoms with Crippen molar-refractivity contribution in [3.63, 3.8) is 0 Å². The van der Waals surface area contributed by atoms with Gasteiger partial charge in [0, 0.05) is 50.5 Å². The molecule has 0 N–H and O–H groups in total. The van der Waals surface area contributed by atoms with E-state index in [9.17, 15) is 17.6 Å². The first-order valence-corrected chi connectivity index (χ1v) is 11.9. The lowest BCUT2D eigenvalue weighted by molar-refractivity contribution is -0.137. The molecule has 3 heterocycles. The van der Waals surface area contributed by atoms with Gasteiger partial charge in [-0.25, -0.2) is 9.37 Å². The van der Waals surface area contributed by atoms with E-state index in [4.69, 9.17) is 4.98 Å². The summed E-state index contributed by atoms with van der Waals surface area (Å²) in [6, 6.07) is 7.19. The van der Waals surface area contributed by atoms with Gasteiger partial charge in [0.25, 0.3) is 0 Å². The summed E-state index contributed by atoms with van der Waals surface area (Å²) in [5, 5.41) is 0. The maximum Gasteiger partial charge on any atom is 0.419 e. The van der Waals surface area contributed by atoms with Crippen LogP contribution in [0.5, 0.6) is 0 Å². The summed E-state index contributed by atoms with van der Waals surface area (Å²) in [6.07, 6.45) is -3.11. The molecule has 3 aromatic rings. The number of alkyl halides is 3. The molecule has 0 spiro atoms. The van der Waals surface area contributed by atoms with Crippen molar-refractivity contribution in [1.82, 2.24) is 19.9 Å². The SMILES string of the molecule is CCN(c1nc(-c2ccc(F)c(C)c2)nc(N2CCN(c3ncccc3C(F)(F)F)CC2)n1)C(C)C. The van der Waals surface area contributed by atoms with Crippen LogP contribution in [0, 0.1) is 12.7 Å². The predicted molar refractivity (Wildman–Crippen MR) is 132 cm³/mol. The highest BCUT2D eigenvalue weighted by Gasteiger charge is 2.36. The molecule has 7 nitrogen and oxygen atoms in total. The van der Waals surface area contributed by atoms with E-state index < -0.39 is 11.7 Å². The lowest BCUT2D eigenvalue weighted by Gasteiger charge is -2.36. The molecule has 1 aromatic carbocycles. The molecule has 0 unspecified atom stereocenters. The highest BCUT2D eigenvalue weighted by atomic mass is 19.4. The second kappa shape index (κ2) is 10.2. The smallest absolute Gasteiger partial charge is 0.353 e. The van der Waals surface area contributed by atoms with Crippen molar-refractivity contribution in [2.75, 3.05) is 47.4 Å². The minimum Gasteiger partial charge on any atom is -0.353 e. The number of nitrogens with zero attached hydrogens (tertiary/aromatic N) is 7. The Morgan fingerprint density at radius 3 is 2.31 bits per heavy atom. The molecule has 192 valence electrons. The van der Waals surface area contributed by atoms with Crippen LogP contribution in [-0.2, 0) is 6.18 Å². The molecule has 1 aliphatic heterocycles. The zero-order valence-corrected chi connectivity index (χ0v) is 20.7. The number of rotatable bonds is 6. The Bertz CT molecular complexity index is 1210. The first kappa shape index (κ1) is 25.6. The minimum atomic E-state index is -4.48. The standard InChI is InChI=1S/C25H29F4N7/c1-5-36(16(2)3)24-32-21(18-8-9-20(26)17(4)15-18)31-23(33-24)35-13-11-34(12-14-35)22-19(25(27,28)29)7-6-10-30-22/h6-10,15-16H,5,11-14H2,1-4H3. The number of halogens is 4. The maximum atomic E-state index is 13.9. The molecule has 1 aliphatic rings. The summed E-state index contributed by atoms with van der Waals surface area (Å²) < 4.78 is 54.4. The number of hydrogen-bond donors (Lipinski definition) is 0. The lowest BCUT2D eigenvalue weighted by atomic mass is 10.1. The number of aryl methyl sites for hydroxylation is 1. The molecule has 2 aromatic heterocycles. The van der Waals surface area contributed by atoms with Gasteiger partial charge in [0.2, 0.25) is 11.9 Å². The molecular formula is C25H29F4N7. The largest absolute Gasteiger partial charge is 0.419 e. The van der Waals surface area contributed by atoms with E-state index in [0.29, 0.717) is 61.6 Å². The Hall–Kier alpha value is -3.50. The average Bonchev–Trinajstić information content (AvgIpc) is 2.85. The minimum absolute atomic E-state index is 0.0690. The Kier molecular flexibility index (Phi) is 7.28. The van der Waals surface area contributed by atoms with Crippen LogP contribution in [-0.4, -0.2) is 58.7 Å². The highest BCUT2D eigenvalue weighted by molar-refractivity contribution is 5.60. The van der Waals surface area contributed by atoms with Crippen molar-refractivity contribution >= 4 is 17.7 Å². The van der Waals surface area contributed by atoms with E-state index >= 15 is 0 Å². The fraction of sp³-hybridized carbons (Fsp3) is 0.440. The van der Waals surface area contributed by atoms with Crippen molar-refractivity contribution in [2.24, 2.45) is 0 Å². The van der Waals surface area contributed by atoms with Crippen molar-refractivity contribution < 1.29 is 17.6 Å². The van der Waals surface area contributed by atoms with Gasteiger partial charge in [0.1, 0.15) is 11.6 Å². The van der Waals surface area contributed by atoms with E-state index in [1.807, 2.05) is 30.6 Å². The van der Waals surface area contributed by atoms with Crippen LogP contribution < -0.4 is 14.7 Å². The van der Waals surface area contributed by atoms with Crippen LogP contribution in [0.15, 0.2) is 36.5 Å². The Morgan fingerprint density at radius 1 is 1.00 bits per heavy atom. The van der Waals surface area contributed by atoms with Gasteiger partial charge in [-0.1, -0.05) is 0 Å². The summed E-state index contributed by atoms with van der Waals surface area (Å²) in [5.74, 6) is 0.979. The number of anilines is 3. The van der Waals surface area contributed by atoms with Crippen molar-refractivity contribution in [1.29, 1.82) is 0 Å². The van der Waals surface area contributed by atoms with Gasteiger partial charge in [-0.05, 0) is 63.6 Å². The number of aromatic nitrogens is 4. The van der Waals surface area contributed by atoms with Crippen LogP contribution in [0.3, 0.4) is 0 Å². The number of piperazine rings is 1. The van der Waals surface area contributed by atoms with Gasteiger partial charge < -0.3 is 14.7 Å². The van der Waals surface area contributed by atoms with Crippen molar-refractivity contribution in [3.05, 3.63) is 53.5 Å². The third-order valence-electron chi connectivity index (χ3n) is 6.20. The monoisotopic (exact) mass is 503 g/mol. The van der Waals surface area contributed by atoms with E-state index in [-0.39, 0.29) is 17.7 Å². The van der Waals surface area contributed by atoms with Gasteiger partial charge in [-0.2, -0.15) is 28.1 Å². The molecule has 1 saturated heterocycles. The quantitative estimate of drug-likeness (QED) is 0.441. The third kappa shape index (κ3) is 5.34. The molecular weight excluding hydrogens is 474 g/mol. The van der Waals surface area contributed by atoms with Crippen LogP contribution in [0.1, 0.15) is 31.9 Å². The first-order valence-electron chi connectivity index (χ1n) is 11.9. The molecule has 0 saturated carbocycles. The molecule has 0 atom stereocenters. The fourth-order valence-corrected chi connectivity index (χ4v) is 4.26. The average molecular weight is 504 g/mol. The number of hydrogen-bond acceptors (Lipinski definition) is 7. The van der Waals surface area contributed by atoms with Gasteiger partial charge in [-0.15, -0.1) is 0 Å². The van der Waals surface area contributed by atoms with Crippen LogP contribution in [0.25, 0.3) is 11.4 Å². The zero-order valence-electron chi connectivity index (χ0n) is 20.7. The second-order valence-corrected chi connectivity index (χ2v) is 8.95. The summed E-state index contributed by atoms with van der Waals surface area (Å²) >= 11 is 0. The second-order valence-electron chi connectivity index (χ2n) is 8.95. The van der Waals surface area contributed by atoms with E-state index in [0.717, 1.165) is 6.07 Å². The Labute approximate surface area is 207 Å². The van der Waals surface area contributed by atoms with E-state index in [2.05, 4.69) is 15.0 Å². The molecule has 1 fully saturated rings. The van der Waals surface area contributed by atoms with Crippen LogP contribution >= 0.6 is 0 Å². The van der Waals surface area contributed by atoms with Gasteiger partial charge in [-0.3, -0.25) is 0 Å². The fourth-order valence-electron chi connectivity index (χ4n) is 4.26. The molecule has 0 aliphatic carbocycles. The third-order valence-corrected chi connectivity index (χ3v) is 6.20. The highest BCUT2D eigenvalue weighted by Crippen LogP contribution is 2.35. The summed E-state index contributed by atoms with van der Waals surface area (Å²) in [4.78, 5) is 23.7.